The maximum Gasteiger partial charge on any atom is 0.339 e. The Bertz CT molecular complexity index is 838. The normalized spacial score (nSPS) is 10.7. The Morgan fingerprint density at radius 2 is 1.71 bits per heavy atom. The molecule has 3 rings (SSSR count). The largest absolute Gasteiger partial charge is 0.339 e. The highest BCUT2D eigenvalue weighted by atomic mass is 16.2. The number of hydrazone groups is 1. The van der Waals surface area contributed by atoms with Crippen molar-refractivity contribution in [2.75, 3.05) is 5.32 Å². The number of carbonyl (C=O) groups is 1. The zero-order valence-corrected chi connectivity index (χ0v) is 13.3. The number of nitrogens with zero attached hydrogens (tertiary/aromatic N) is 2. The summed E-state index contributed by atoms with van der Waals surface area (Å²) in [7, 11) is 0. The maximum atomic E-state index is 11.8. The van der Waals surface area contributed by atoms with Crippen LogP contribution in [0.1, 0.15) is 11.3 Å². The van der Waals surface area contributed by atoms with E-state index in [1.54, 1.807) is 6.21 Å². The van der Waals surface area contributed by atoms with Gasteiger partial charge in [0.25, 0.3) is 0 Å². The minimum Gasteiger partial charge on any atom is -0.321 e. The van der Waals surface area contributed by atoms with E-state index in [1.807, 2.05) is 79.9 Å². The van der Waals surface area contributed by atoms with Crippen LogP contribution in [-0.2, 0) is 0 Å². The molecule has 0 saturated heterocycles. The third-order valence-electron chi connectivity index (χ3n) is 3.48. The van der Waals surface area contributed by atoms with E-state index in [9.17, 15) is 4.79 Å². The first kappa shape index (κ1) is 15.6. The summed E-state index contributed by atoms with van der Waals surface area (Å²) in [6.45, 7) is 2.03. The Morgan fingerprint density at radius 3 is 2.42 bits per heavy atom. The van der Waals surface area contributed by atoms with Gasteiger partial charge in [-0.05, 0) is 37.3 Å². The van der Waals surface area contributed by atoms with E-state index in [4.69, 9.17) is 0 Å². The average Bonchev–Trinajstić information content (AvgIpc) is 2.97. The zero-order chi connectivity index (χ0) is 16.8. The minimum atomic E-state index is -0.378. The second-order valence-electron chi connectivity index (χ2n) is 5.31. The van der Waals surface area contributed by atoms with Crippen molar-refractivity contribution in [2.45, 2.75) is 6.92 Å². The van der Waals surface area contributed by atoms with Gasteiger partial charge in [-0.2, -0.15) is 5.10 Å². The fraction of sp³-hybridized carbons (Fsp3) is 0.0526. The molecule has 0 fully saturated rings. The van der Waals surface area contributed by atoms with Crippen LogP contribution < -0.4 is 10.7 Å². The number of aryl methyl sites for hydroxylation is 1. The standard InChI is InChI=1S/C19H18N4O/c1-15-12-16(14-23(15)18-10-6-3-7-11-18)13-20-22-19(24)21-17-8-4-2-5-9-17/h2-14H,1H3,(H2,21,22,24)/b20-13+. The van der Waals surface area contributed by atoms with Gasteiger partial charge in [-0.3, -0.25) is 0 Å². The van der Waals surface area contributed by atoms with Gasteiger partial charge >= 0.3 is 6.03 Å². The van der Waals surface area contributed by atoms with E-state index in [1.165, 1.54) is 0 Å². The van der Waals surface area contributed by atoms with Gasteiger partial charge in [-0.15, -0.1) is 0 Å². The van der Waals surface area contributed by atoms with Crippen molar-refractivity contribution in [3.8, 4) is 5.69 Å². The highest BCUT2D eigenvalue weighted by Crippen LogP contribution is 2.13. The van der Waals surface area contributed by atoms with Gasteiger partial charge in [-0.1, -0.05) is 36.4 Å². The number of nitrogens with one attached hydrogen (secondary N) is 2. The van der Waals surface area contributed by atoms with Crippen LogP contribution in [-0.4, -0.2) is 16.8 Å². The number of amides is 2. The van der Waals surface area contributed by atoms with E-state index in [-0.39, 0.29) is 6.03 Å². The lowest BCUT2D eigenvalue weighted by molar-refractivity contribution is 0.252. The predicted molar refractivity (Wildman–Crippen MR) is 96.7 cm³/mol. The summed E-state index contributed by atoms with van der Waals surface area (Å²) in [6, 6.07) is 20.9. The van der Waals surface area contributed by atoms with Gasteiger partial charge in [0, 0.05) is 28.8 Å². The molecule has 0 bridgehead atoms. The number of carbonyl (C=O) groups excluding carboxylic acids is 1. The van der Waals surface area contributed by atoms with Crippen molar-refractivity contribution in [3.05, 3.63) is 84.2 Å². The molecule has 1 aromatic heterocycles. The number of para-hydroxylation sites is 2. The molecule has 0 aliphatic carbocycles. The third kappa shape index (κ3) is 3.89. The van der Waals surface area contributed by atoms with Crippen molar-refractivity contribution in [2.24, 2.45) is 5.10 Å². The molecule has 2 aromatic carbocycles. The van der Waals surface area contributed by atoms with Crippen molar-refractivity contribution < 1.29 is 4.79 Å². The lowest BCUT2D eigenvalue weighted by Crippen LogP contribution is -2.24. The molecule has 3 aromatic rings. The Morgan fingerprint density at radius 1 is 1.04 bits per heavy atom. The average molecular weight is 318 g/mol. The summed E-state index contributed by atoms with van der Waals surface area (Å²) in [6.07, 6.45) is 3.60. The lowest BCUT2D eigenvalue weighted by atomic mass is 10.3. The summed E-state index contributed by atoms with van der Waals surface area (Å²) >= 11 is 0. The van der Waals surface area contributed by atoms with E-state index in [2.05, 4.69) is 20.4 Å². The number of anilines is 1. The van der Waals surface area contributed by atoms with Crippen molar-refractivity contribution in [1.82, 2.24) is 9.99 Å². The van der Waals surface area contributed by atoms with Crippen molar-refractivity contribution in [1.29, 1.82) is 0 Å². The van der Waals surface area contributed by atoms with E-state index in [0.29, 0.717) is 0 Å². The Kier molecular flexibility index (Phi) is 4.72. The molecule has 2 amide bonds. The van der Waals surface area contributed by atoms with Gasteiger partial charge in [0.15, 0.2) is 0 Å². The highest BCUT2D eigenvalue weighted by molar-refractivity contribution is 5.90. The van der Waals surface area contributed by atoms with E-state index < -0.39 is 0 Å². The van der Waals surface area contributed by atoms with Crippen LogP contribution in [0, 0.1) is 6.92 Å². The van der Waals surface area contributed by atoms with Crippen LogP contribution in [0.3, 0.4) is 0 Å². The van der Waals surface area contributed by atoms with Crippen molar-refractivity contribution >= 4 is 17.9 Å². The molecule has 0 saturated carbocycles. The number of hydrogen-bond acceptors (Lipinski definition) is 2. The van der Waals surface area contributed by atoms with Crippen LogP contribution >= 0.6 is 0 Å². The zero-order valence-electron chi connectivity index (χ0n) is 13.3. The summed E-state index contributed by atoms with van der Waals surface area (Å²) < 4.78 is 2.07. The summed E-state index contributed by atoms with van der Waals surface area (Å²) in [4.78, 5) is 11.8. The molecular formula is C19H18N4O. The molecule has 1 heterocycles. The SMILES string of the molecule is Cc1cc(/C=N/NC(=O)Nc2ccccc2)cn1-c1ccccc1. The number of urea groups is 1. The fourth-order valence-electron chi connectivity index (χ4n) is 2.38. The van der Waals surface area contributed by atoms with Crippen LogP contribution in [0.2, 0.25) is 0 Å². The smallest absolute Gasteiger partial charge is 0.321 e. The van der Waals surface area contributed by atoms with Crippen molar-refractivity contribution in [3.63, 3.8) is 0 Å². The fourth-order valence-corrected chi connectivity index (χ4v) is 2.38. The van der Waals surface area contributed by atoms with Gasteiger partial charge in [0.2, 0.25) is 0 Å². The third-order valence-corrected chi connectivity index (χ3v) is 3.48. The Hall–Kier alpha value is -3.34. The monoisotopic (exact) mass is 318 g/mol. The molecule has 0 unspecified atom stereocenters. The number of rotatable bonds is 4. The van der Waals surface area contributed by atoms with Gasteiger partial charge in [0.05, 0.1) is 6.21 Å². The first-order valence-electron chi connectivity index (χ1n) is 7.62. The molecule has 5 nitrogen and oxygen atoms in total. The molecule has 5 heteroatoms. The topological polar surface area (TPSA) is 58.4 Å². The maximum absolute atomic E-state index is 11.8. The van der Waals surface area contributed by atoms with Crippen LogP contribution in [0.4, 0.5) is 10.5 Å². The first-order valence-corrected chi connectivity index (χ1v) is 7.62. The van der Waals surface area contributed by atoms with Gasteiger partial charge in [-0.25, -0.2) is 10.2 Å². The summed E-state index contributed by atoms with van der Waals surface area (Å²) in [5.41, 5.74) is 6.27. The minimum absolute atomic E-state index is 0.378. The number of hydrogen-bond donors (Lipinski definition) is 2. The molecule has 0 aliphatic rings. The van der Waals surface area contributed by atoms with Crippen LogP contribution in [0.15, 0.2) is 78.0 Å². The number of benzene rings is 2. The molecule has 0 aliphatic heterocycles. The Labute approximate surface area is 140 Å². The second kappa shape index (κ2) is 7.28. The quantitative estimate of drug-likeness (QED) is 0.555. The predicted octanol–water partition coefficient (Wildman–Crippen LogP) is 3.94. The van der Waals surface area contributed by atoms with Gasteiger partial charge in [0.1, 0.15) is 0 Å². The molecule has 24 heavy (non-hydrogen) atoms. The lowest BCUT2D eigenvalue weighted by Gasteiger charge is -2.04. The summed E-state index contributed by atoms with van der Waals surface area (Å²) in [5.74, 6) is 0. The molecular weight excluding hydrogens is 300 g/mol. The first-order chi connectivity index (χ1) is 11.7. The van der Waals surface area contributed by atoms with E-state index in [0.717, 1.165) is 22.6 Å². The van der Waals surface area contributed by atoms with Crippen LogP contribution in [0.25, 0.3) is 5.69 Å². The molecule has 0 atom stereocenters. The second-order valence-corrected chi connectivity index (χ2v) is 5.31. The van der Waals surface area contributed by atoms with Crippen LogP contribution in [0.5, 0.6) is 0 Å². The molecule has 120 valence electrons. The molecule has 0 radical (unpaired) electrons. The van der Waals surface area contributed by atoms with Gasteiger partial charge < -0.3 is 9.88 Å². The molecule has 2 N–H and O–H groups in total. The Balaban J connectivity index is 1.62. The highest BCUT2D eigenvalue weighted by Gasteiger charge is 2.03. The number of aromatic nitrogens is 1. The van der Waals surface area contributed by atoms with E-state index >= 15 is 0 Å². The summed E-state index contributed by atoms with van der Waals surface area (Å²) in [5, 5.41) is 6.69. The molecule has 0 spiro atoms.